The van der Waals surface area contributed by atoms with Crippen molar-refractivity contribution in [2.45, 2.75) is 32.4 Å². The second kappa shape index (κ2) is 5.84. The molecule has 1 aromatic rings. The summed E-state index contributed by atoms with van der Waals surface area (Å²) in [5.41, 5.74) is 6.42. The summed E-state index contributed by atoms with van der Waals surface area (Å²) < 4.78 is 5.16. The molecule has 0 saturated heterocycles. The van der Waals surface area contributed by atoms with Gasteiger partial charge in [-0.2, -0.15) is 0 Å². The van der Waals surface area contributed by atoms with Gasteiger partial charge in [0.05, 0.1) is 12.6 Å². The largest absolute Gasteiger partial charge is 0.444 e. The lowest BCUT2D eigenvalue weighted by Gasteiger charge is -2.21. The van der Waals surface area contributed by atoms with Gasteiger partial charge in [0.1, 0.15) is 5.60 Å². The third-order valence-corrected chi connectivity index (χ3v) is 2.19. The Kier molecular flexibility index (Phi) is 4.69. The predicted octanol–water partition coefficient (Wildman–Crippen LogP) is 2.03. The van der Waals surface area contributed by atoms with E-state index in [2.05, 4.69) is 5.32 Å². The second-order valence-electron chi connectivity index (χ2n) is 5.00. The number of nitrogens with one attached hydrogen (secondary N) is 1. The van der Waals surface area contributed by atoms with Crippen molar-refractivity contribution >= 4 is 11.8 Å². The van der Waals surface area contributed by atoms with Gasteiger partial charge in [-0.3, -0.25) is 5.32 Å². The summed E-state index contributed by atoms with van der Waals surface area (Å²) in [7, 11) is 0. The highest BCUT2D eigenvalue weighted by atomic mass is 16.6. The van der Waals surface area contributed by atoms with Crippen molar-refractivity contribution in [2.75, 3.05) is 11.9 Å². The molecule has 4 N–H and O–H groups in total. The monoisotopic (exact) mass is 252 g/mol. The zero-order chi connectivity index (χ0) is 13.8. The van der Waals surface area contributed by atoms with Gasteiger partial charge in [0, 0.05) is 5.69 Å². The first-order valence-electron chi connectivity index (χ1n) is 5.79. The topological polar surface area (TPSA) is 84.6 Å². The molecule has 5 heteroatoms. The van der Waals surface area contributed by atoms with Crippen LogP contribution in [0.2, 0.25) is 0 Å². The van der Waals surface area contributed by atoms with Crippen LogP contribution in [0.3, 0.4) is 0 Å². The maximum absolute atomic E-state index is 11.7. The summed E-state index contributed by atoms with van der Waals surface area (Å²) in [6.45, 7) is 5.18. The van der Waals surface area contributed by atoms with Gasteiger partial charge in [-0.1, -0.05) is 18.2 Å². The van der Waals surface area contributed by atoms with Crippen molar-refractivity contribution < 1.29 is 14.6 Å². The number of carbonyl (C=O) groups is 1. The molecule has 1 rings (SSSR count). The Balaban J connectivity index is 2.81. The van der Waals surface area contributed by atoms with E-state index in [0.717, 1.165) is 0 Å². The van der Waals surface area contributed by atoms with Crippen LogP contribution in [0.5, 0.6) is 0 Å². The van der Waals surface area contributed by atoms with Crippen molar-refractivity contribution in [3.8, 4) is 0 Å². The fourth-order valence-electron chi connectivity index (χ4n) is 1.45. The number of benzene rings is 1. The van der Waals surface area contributed by atoms with E-state index >= 15 is 0 Å². The Labute approximate surface area is 107 Å². The van der Waals surface area contributed by atoms with Crippen molar-refractivity contribution in [2.24, 2.45) is 5.73 Å². The van der Waals surface area contributed by atoms with E-state index in [4.69, 9.17) is 15.6 Å². The van der Waals surface area contributed by atoms with E-state index < -0.39 is 17.7 Å². The van der Waals surface area contributed by atoms with Gasteiger partial charge in [0.15, 0.2) is 0 Å². The van der Waals surface area contributed by atoms with Gasteiger partial charge in [0.25, 0.3) is 0 Å². The highest BCUT2D eigenvalue weighted by molar-refractivity contribution is 5.86. The molecule has 0 spiro atoms. The highest BCUT2D eigenvalue weighted by Crippen LogP contribution is 2.21. The smallest absolute Gasteiger partial charge is 0.412 e. The molecule has 1 atom stereocenters. The van der Waals surface area contributed by atoms with Crippen LogP contribution in [0.4, 0.5) is 10.5 Å². The number of hydrogen-bond donors (Lipinski definition) is 3. The maximum atomic E-state index is 11.7. The van der Waals surface area contributed by atoms with Crippen LogP contribution < -0.4 is 11.1 Å². The van der Waals surface area contributed by atoms with Gasteiger partial charge in [0.2, 0.25) is 0 Å². The lowest BCUT2D eigenvalue weighted by molar-refractivity contribution is 0.0635. The Morgan fingerprint density at radius 1 is 1.44 bits per heavy atom. The molecule has 100 valence electrons. The summed E-state index contributed by atoms with van der Waals surface area (Å²) in [5.74, 6) is 0. The molecule has 0 aliphatic carbocycles. The fraction of sp³-hybridized carbons (Fsp3) is 0.462. The van der Waals surface area contributed by atoms with Crippen LogP contribution in [0, 0.1) is 0 Å². The number of aliphatic hydroxyl groups is 1. The number of amides is 1. The summed E-state index contributed by atoms with van der Waals surface area (Å²) in [6.07, 6.45) is -0.542. The number of nitrogens with two attached hydrogens (primary N) is 1. The van der Waals surface area contributed by atoms with E-state index in [-0.39, 0.29) is 6.61 Å². The number of aliphatic hydroxyl groups excluding tert-OH is 1. The molecule has 1 amide bonds. The quantitative estimate of drug-likeness (QED) is 0.768. The van der Waals surface area contributed by atoms with Crippen molar-refractivity contribution in [1.82, 2.24) is 0 Å². The molecule has 0 aliphatic rings. The molecule has 1 aromatic carbocycles. The zero-order valence-corrected chi connectivity index (χ0v) is 10.9. The van der Waals surface area contributed by atoms with Crippen molar-refractivity contribution in [3.05, 3.63) is 29.8 Å². The average molecular weight is 252 g/mol. The Hall–Kier alpha value is -1.59. The molecule has 0 heterocycles. The van der Waals surface area contributed by atoms with Crippen LogP contribution in [-0.4, -0.2) is 23.4 Å². The standard InChI is InChI=1S/C13H20N2O3/c1-13(2,3)18-12(17)15-11-7-5-4-6-9(11)10(14)8-16/h4-7,10,16H,8,14H2,1-3H3,(H,15,17)/t10-/m0/s1. The predicted molar refractivity (Wildman–Crippen MR) is 70.3 cm³/mol. The second-order valence-corrected chi connectivity index (χ2v) is 5.00. The molecule has 18 heavy (non-hydrogen) atoms. The molecule has 0 fully saturated rings. The molecule has 0 aliphatic heterocycles. The summed E-state index contributed by atoms with van der Waals surface area (Å²) in [6, 6.07) is 6.52. The minimum atomic E-state index is -0.557. The van der Waals surface area contributed by atoms with E-state index in [1.54, 1.807) is 45.0 Å². The normalized spacial score (nSPS) is 12.9. The fourth-order valence-corrected chi connectivity index (χ4v) is 1.45. The number of ether oxygens (including phenoxy) is 1. The van der Waals surface area contributed by atoms with E-state index in [1.165, 1.54) is 0 Å². The van der Waals surface area contributed by atoms with E-state index in [1.807, 2.05) is 0 Å². The molecule has 0 unspecified atom stereocenters. The van der Waals surface area contributed by atoms with E-state index in [0.29, 0.717) is 11.3 Å². The SMILES string of the molecule is CC(C)(C)OC(=O)Nc1ccccc1[C@@H](N)CO. The van der Waals surface area contributed by atoms with Crippen LogP contribution in [0.15, 0.2) is 24.3 Å². The first-order valence-corrected chi connectivity index (χ1v) is 5.79. The first kappa shape index (κ1) is 14.5. The third kappa shape index (κ3) is 4.35. The minimum Gasteiger partial charge on any atom is -0.444 e. The third-order valence-electron chi connectivity index (χ3n) is 2.19. The molecule has 5 nitrogen and oxygen atoms in total. The molecular weight excluding hydrogens is 232 g/mol. The molecule has 0 bridgehead atoms. The van der Waals surface area contributed by atoms with Crippen molar-refractivity contribution in [1.29, 1.82) is 0 Å². The number of carbonyl (C=O) groups excluding carboxylic acids is 1. The Morgan fingerprint density at radius 3 is 2.61 bits per heavy atom. The first-order chi connectivity index (χ1) is 8.33. The van der Waals surface area contributed by atoms with Gasteiger partial charge < -0.3 is 15.6 Å². The van der Waals surface area contributed by atoms with Gasteiger partial charge >= 0.3 is 6.09 Å². The summed E-state index contributed by atoms with van der Waals surface area (Å²) in [5, 5.41) is 11.7. The van der Waals surface area contributed by atoms with E-state index in [9.17, 15) is 4.79 Å². The highest BCUT2D eigenvalue weighted by Gasteiger charge is 2.18. The molecule has 0 saturated carbocycles. The zero-order valence-electron chi connectivity index (χ0n) is 10.9. The molecule has 0 radical (unpaired) electrons. The average Bonchev–Trinajstić information content (AvgIpc) is 2.26. The van der Waals surface area contributed by atoms with Gasteiger partial charge in [-0.25, -0.2) is 4.79 Å². The van der Waals surface area contributed by atoms with Crippen LogP contribution >= 0.6 is 0 Å². The van der Waals surface area contributed by atoms with Crippen LogP contribution in [0.1, 0.15) is 32.4 Å². The number of anilines is 1. The van der Waals surface area contributed by atoms with Gasteiger partial charge in [-0.05, 0) is 32.4 Å². The maximum Gasteiger partial charge on any atom is 0.412 e. The minimum absolute atomic E-state index is 0.187. The van der Waals surface area contributed by atoms with Gasteiger partial charge in [-0.15, -0.1) is 0 Å². The Bertz CT molecular complexity index is 413. The van der Waals surface area contributed by atoms with Crippen molar-refractivity contribution in [3.63, 3.8) is 0 Å². The Morgan fingerprint density at radius 2 is 2.06 bits per heavy atom. The lowest BCUT2D eigenvalue weighted by Crippen LogP contribution is -2.28. The summed E-state index contributed by atoms with van der Waals surface area (Å²) in [4.78, 5) is 11.7. The molecular formula is C13H20N2O3. The van der Waals surface area contributed by atoms with Crippen LogP contribution in [0.25, 0.3) is 0 Å². The summed E-state index contributed by atoms with van der Waals surface area (Å²) >= 11 is 0. The van der Waals surface area contributed by atoms with Crippen LogP contribution in [-0.2, 0) is 4.74 Å². The number of para-hydroxylation sites is 1. The lowest BCUT2D eigenvalue weighted by atomic mass is 10.1. The number of rotatable bonds is 3. The number of hydrogen-bond acceptors (Lipinski definition) is 4. The molecule has 0 aromatic heterocycles.